The maximum Gasteiger partial charge on any atom is 0.0263 e. The van der Waals surface area contributed by atoms with Crippen molar-refractivity contribution in [2.45, 2.75) is 18.9 Å². The maximum atomic E-state index is 5.76. The van der Waals surface area contributed by atoms with E-state index >= 15 is 0 Å². The highest BCUT2D eigenvalue weighted by Crippen LogP contribution is 2.54. The molecule has 0 amide bonds. The molecule has 1 saturated carbocycles. The van der Waals surface area contributed by atoms with E-state index in [1.54, 1.807) is 0 Å². The third-order valence-electron chi connectivity index (χ3n) is 2.59. The molecule has 0 bridgehead atoms. The maximum absolute atomic E-state index is 5.76. The molecule has 0 heterocycles. The first-order valence-electron chi connectivity index (χ1n) is 3.47. The number of hydrogen-bond donors (Lipinski definition) is 2. The molecule has 4 N–H and O–H groups in total. The van der Waals surface area contributed by atoms with Gasteiger partial charge in [0.2, 0.25) is 0 Å². The molecule has 1 fully saturated rings. The zero-order valence-corrected chi connectivity index (χ0v) is 5.43. The highest BCUT2D eigenvalue weighted by molar-refractivity contribution is 5.46. The molecule has 50 valence electrons. The zero-order chi connectivity index (χ0) is 6.48. The molecular weight excluding hydrogens is 112 g/mol. The van der Waals surface area contributed by atoms with Crippen LogP contribution in [0.5, 0.6) is 0 Å². The molecule has 9 heavy (non-hydrogen) atoms. The first-order valence-corrected chi connectivity index (χ1v) is 3.47. The first-order chi connectivity index (χ1) is 4.28. The smallest absolute Gasteiger partial charge is 0.0263 e. The fourth-order valence-electron chi connectivity index (χ4n) is 1.80. The lowest BCUT2D eigenvalue weighted by atomic mass is 10.0. The Morgan fingerprint density at radius 2 is 2.56 bits per heavy atom. The van der Waals surface area contributed by atoms with Crippen LogP contribution in [0.15, 0.2) is 11.6 Å². The van der Waals surface area contributed by atoms with Crippen molar-refractivity contribution in [2.75, 3.05) is 6.54 Å². The van der Waals surface area contributed by atoms with Crippen LogP contribution in [-0.4, -0.2) is 12.6 Å². The molecule has 0 saturated heterocycles. The van der Waals surface area contributed by atoms with Gasteiger partial charge in [0.05, 0.1) is 0 Å². The molecule has 0 spiro atoms. The van der Waals surface area contributed by atoms with Crippen molar-refractivity contribution in [3.63, 3.8) is 0 Å². The summed E-state index contributed by atoms with van der Waals surface area (Å²) in [5.74, 6) is 0. The van der Waals surface area contributed by atoms with Crippen LogP contribution in [0.4, 0.5) is 0 Å². The number of rotatable bonds is 1. The van der Waals surface area contributed by atoms with Crippen LogP contribution in [0, 0.1) is 5.41 Å². The Morgan fingerprint density at radius 3 is 2.78 bits per heavy atom. The van der Waals surface area contributed by atoms with E-state index in [0.717, 1.165) is 13.0 Å². The van der Waals surface area contributed by atoms with Crippen LogP contribution >= 0.6 is 0 Å². The van der Waals surface area contributed by atoms with Crippen LogP contribution in [0.2, 0.25) is 0 Å². The van der Waals surface area contributed by atoms with Crippen LogP contribution < -0.4 is 11.5 Å². The second-order valence-corrected chi connectivity index (χ2v) is 3.11. The van der Waals surface area contributed by atoms with Gasteiger partial charge in [-0.1, -0.05) is 6.08 Å². The molecule has 2 aliphatic carbocycles. The largest absolute Gasteiger partial charge is 0.329 e. The highest BCUT2D eigenvalue weighted by atomic mass is 14.8. The van der Waals surface area contributed by atoms with Gasteiger partial charge in [0.1, 0.15) is 0 Å². The van der Waals surface area contributed by atoms with Gasteiger partial charge < -0.3 is 11.5 Å². The SMILES string of the molecule is NCC12C=C1C(N)CC2. The van der Waals surface area contributed by atoms with Gasteiger partial charge in [0.25, 0.3) is 0 Å². The first kappa shape index (κ1) is 5.45. The minimum absolute atomic E-state index is 0.319. The molecule has 0 aromatic heterocycles. The average molecular weight is 124 g/mol. The Balaban J connectivity index is 2.14. The van der Waals surface area contributed by atoms with Crippen LogP contribution in [-0.2, 0) is 0 Å². The minimum atomic E-state index is 0.319. The van der Waals surface area contributed by atoms with Crippen LogP contribution in [0.3, 0.4) is 0 Å². The van der Waals surface area contributed by atoms with Crippen molar-refractivity contribution >= 4 is 0 Å². The second kappa shape index (κ2) is 1.39. The van der Waals surface area contributed by atoms with Crippen molar-refractivity contribution in [3.05, 3.63) is 11.6 Å². The quantitative estimate of drug-likeness (QED) is 0.483. The van der Waals surface area contributed by atoms with Gasteiger partial charge >= 0.3 is 0 Å². The molecule has 0 aromatic carbocycles. The van der Waals surface area contributed by atoms with E-state index < -0.39 is 0 Å². The predicted molar refractivity (Wildman–Crippen MR) is 36.8 cm³/mol. The monoisotopic (exact) mass is 124 g/mol. The third-order valence-corrected chi connectivity index (χ3v) is 2.59. The number of nitrogens with two attached hydrogens (primary N) is 2. The Morgan fingerprint density at radius 1 is 1.78 bits per heavy atom. The normalized spacial score (nSPS) is 46.4. The lowest BCUT2D eigenvalue weighted by Gasteiger charge is -2.05. The van der Waals surface area contributed by atoms with Gasteiger partial charge in [-0.25, -0.2) is 0 Å². The Labute approximate surface area is 54.9 Å². The summed E-state index contributed by atoms with van der Waals surface area (Å²) in [5, 5.41) is 0. The van der Waals surface area contributed by atoms with Gasteiger partial charge in [-0.05, 0) is 18.4 Å². The van der Waals surface area contributed by atoms with Gasteiger partial charge in [-0.3, -0.25) is 0 Å². The Kier molecular flexibility index (Phi) is 0.838. The highest BCUT2D eigenvalue weighted by Gasteiger charge is 2.49. The molecule has 0 radical (unpaired) electrons. The Bertz CT molecular complexity index is 174. The zero-order valence-electron chi connectivity index (χ0n) is 5.43. The summed E-state index contributed by atoms with van der Waals surface area (Å²) in [5.41, 5.74) is 13.1. The van der Waals surface area contributed by atoms with E-state index in [1.165, 1.54) is 12.0 Å². The summed E-state index contributed by atoms with van der Waals surface area (Å²) < 4.78 is 0. The molecule has 2 nitrogen and oxygen atoms in total. The summed E-state index contributed by atoms with van der Waals surface area (Å²) in [6, 6.07) is 0.341. The van der Waals surface area contributed by atoms with E-state index in [4.69, 9.17) is 11.5 Å². The van der Waals surface area contributed by atoms with E-state index in [2.05, 4.69) is 6.08 Å². The van der Waals surface area contributed by atoms with E-state index in [9.17, 15) is 0 Å². The molecule has 2 heteroatoms. The van der Waals surface area contributed by atoms with Crippen LogP contribution in [0.25, 0.3) is 0 Å². The number of fused-ring (bicyclic) bond motifs is 1. The van der Waals surface area contributed by atoms with Gasteiger partial charge in [0, 0.05) is 18.0 Å². The van der Waals surface area contributed by atoms with Gasteiger partial charge in [-0.15, -0.1) is 0 Å². The summed E-state index contributed by atoms with van der Waals surface area (Å²) in [7, 11) is 0. The third kappa shape index (κ3) is 0.523. The summed E-state index contributed by atoms with van der Waals surface area (Å²) in [6.45, 7) is 0.774. The average Bonchev–Trinajstić information content (AvgIpc) is 2.53. The van der Waals surface area contributed by atoms with Crippen molar-refractivity contribution in [1.82, 2.24) is 0 Å². The van der Waals surface area contributed by atoms with Gasteiger partial charge in [0.15, 0.2) is 0 Å². The molecule has 0 aromatic rings. The lowest BCUT2D eigenvalue weighted by Crippen LogP contribution is -2.18. The molecule has 0 aliphatic heterocycles. The molecule has 2 atom stereocenters. The molecular formula is C7H12N2. The minimum Gasteiger partial charge on any atom is -0.329 e. The topological polar surface area (TPSA) is 52.0 Å². The molecule has 2 aliphatic rings. The fourth-order valence-corrected chi connectivity index (χ4v) is 1.80. The summed E-state index contributed by atoms with van der Waals surface area (Å²) >= 11 is 0. The van der Waals surface area contributed by atoms with Crippen molar-refractivity contribution in [2.24, 2.45) is 16.9 Å². The van der Waals surface area contributed by atoms with Gasteiger partial charge in [-0.2, -0.15) is 0 Å². The van der Waals surface area contributed by atoms with Crippen molar-refractivity contribution in [3.8, 4) is 0 Å². The summed E-state index contributed by atoms with van der Waals surface area (Å²) in [6.07, 6.45) is 4.57. The van der Waals surface area contributed by atoms with Crippen LogP contribution in [0.1, 0.15) is 12.8 Å². The lowest BCUT2D eigenvalue weighted by molar-refractivity contribution is 0.557. The molecule has 2 unspecified atom stereocenters. The molecule has 2 rings (SSSR count). The standard InChI is InChI=1S/C7H12N2/c8-4-7-2-1-6(9)5(7)3-7/h3,6H,1-2,4,8-9H2. The van der Waals surface area contributed by atoms with E-state index in [-0.39, 0.29) is 0 Å². The summed E-state index contributed by atoms with van der Waals surface area (Å²) in [4.78, 5) is 0. The second-order valence-electron chi connectivity index (χ2n) is 3.11. The number of hydrogen-bond acceptors (Lipinski definition) is 2. The predicted octanol–water partition coefficient (Wildman–Crippen LogP) is -0.00740. The Hall–Kier alpha value is -0.340. The van der Waals surface area contributed by atoms with E-state index in [1.807, 2.05) is 0 Å². The van der Waals surface area contributed by atoms with Crippen molar-refractivity contribution < 1.29 is 0 Å². The van der Waals surface area contributed by atoms with E-state index in [0.29, 0.717) is 11.5 Å². The fraction of sp³-hybridized carbons (Fsp3) is 0.714. The van der Waals surface area contributed by atoms with Crippen molar-refractivity contribution in [1.29, 1.82) is 0 Å².